The number of amides is 1. The zero-order chi connectivity index (χ0) is 28.6. The van der Waals surface area contributed by atoms with E-state index in [2.05, 4.69) is 55.5 Å². The van der Waals surface area contributed by atoms with E-state index in [1.807, 2.05) is 36.4 Å². The van der Waals surface area contributed by atoms with Crippen LogP contribution in [0, 0.1) is 0 Å². The van der Waals surface area contributed by atoms with Crippen LogP contribution in [-0.4, -0.2) is 57.8 Å². The fraction of sp³-hybridized carbons (Fsp3) is 0.290. The average Bonchev–Trinajstić information content (AvgIpc) is 3.42. The Kier molecular flexibility index (Phi) is 7.61. The molecule has 0 bridgehead atoms. The quantitative estimate of drug-likeness (QED) is 0.264. The molecule has 1 amide bonds. The van der Waals surface area contributed by atoms with Gasteiger partial charge in [0.25, 0.3) is 5.91 Å². The molecule has 10 heteroatoms. The molecule has 1 saturated heterocycles. The smallest absolute Gasteiger partial charge is 0.363 e. The maximum atomic E-state index is 14.1. The molecule has 0 unspecified atom stereocenters. The van der Waals surface area contributed by atoms with Gasteiger partial charge < -0.3 is 10.2 Å². The molecule has 2 atom stereocenters. The van der Waals surface area contributed by atoms with E-state index in [0.717, 1.165) is 14.7 Å². The zero-order valence-electron chi connectivity index (χ0n) is 22.1. The fourth-order valence-corrected chi connectivity index (χ4v) is 6.09. The van der Waals surface area contributed by atoms with E-state index in [0.29, 0.717) is 26.2 Å². The summed E-state index contributed by atoms with van der Waals surface area (Å²) in [5, 5.41) is 7.36. The number of benzene rings is 3. The summed E-state index contributed by atoms with van der Waals surface area (Å²) in [4.78, 5) is 17.5. The van der Waals surface area contributed by atoms with Crippen molar-refractivity contribution in [2.24, 2.45) is 0 Å². The molecule has 3 aromatic carbocycles. The maximum Gasteiger partial charge on any atom is 0.410 e. The molecular formula is C31H29BrF3N5O. The number of fused-ring (bicyclic) bond motifs is 1. The highest BCUT2D eigenvalue weighted by Gasteiger charge is 2.47. The summed E-state index contributed by atoms with van der Waals surface area (Å²) in [6.45, 7) is 2.16. The molecule has 4 aromatic rings. The molecule has 1 N–H and O–H groups in total. The fourth-order valence-electron chi connectivity index (χ4n) is 5.82. The Labute approximate surface area is 244 Å². The van der Waals surface area contributed by atoms with E-state index in [1.165, 1.54) is 17.2 Å². The first-order valence-corrected chi connectivity index (χ1v) is 14.4. The number of nitrogens with one attached hydrogen (secondary N) is 1. The number of hydrogen-bond acceptors (Lipinski definition) is 4. The van der Waals surface area contributed by atoms with Gasteiger partial charge in [-0.15, -0.1) is 0 Å². The second-order valence-electron chi connectivity index (χ2n) is 10.5. The topological polar surface area (TPSA) is 53.4 Å². The summed E-state index contributed by atoms with van der Waals surface area (Å²) in [5.41, 5.74) is 3.11. The lowest BCUT2D eigenvalue weighted by Crippen LogP contribution is -2.50. The first-order valence-electron chi connectivity index (χ1n) is 13.6. The number of rotatable bonds is 5. The summed E-state index contributed by atoms with van der Waals surface area (Å²) < 4.78 is 44.2. The van der Waals surface area contributed by atoms with E-state index in [9.17, 15) is 18.0 Å². The predicted octanol–water partition coefficient (Wildman–Crippen LogP) is 6.85. The van der Waals surface area contributed by atoms with Crippen molar-refractivity contribution in [3.8, 4) is 0 Å². The number of piperazine rings is 1. The van der Waals surface area contributed by atoms with Gasteiger partial charge in [-0.25, -0.2) is 4.68 Å². The van der Waals surface area contributed by atoms with E-state index < -0.39 is 18.3 Å². The third-order valence-corrected chi connectivity index (χ3v) is 8.41. The van der Waals surface area contributed by atoms with Gasteiger partial charge in [-0.1, -0.05) is 88.7 Å². The van der Waals surface area contributed by atoms with E-state index in [-0.39, 0.29) is 29.9 Å². The van der Waals surface area contributed by atoms with Crippen molar-refractivity contribution in [3.05, 3.63) is 118 Å². The van der Waals surface area contributed by atoms with Crippen LogP contribution in [0.3, 0.4) is 0 Å². The first kappa shape index (κ1) is 27.5. The van der Waals surface area contributed by atoms with Crippen LogP contribution in [0.2, 0.25) is 0 Å². The summed E-state index contributed by atoms with van der Waals surface area (Å²) in [6, 6.07) is 26.8. The molecule has 212 valence electrons. The second kappa shape index (κ2) is 11.3. The van der Waals surface area contributed by atoms with Gasteiger partial charge in [0, 0.05) is 43.1 Å². The Morgan fingerprint density at radius 3 is 2.02 bits per heavy atom. The molecular weight excluding hydrogens is 595 g/mol. The molecule has 0 saturated carbocycles. The molecule has 6 rings (SSSR count). The van der Waals surface area contributed by atoms with Crippen molar-refractivity contribution in [1.29, 1.82) is 0 Å². The molecule has 41 heavy (non-hydrogen) atoms. The Morgan fingerprint density at radius 1 is 0.878 bits per heavy atom. The third kappa shape index (κ3) is 5.76. The van der Waals surface area contributed by atoms with Gasteiger partial charge in [-0.05, 0) is 28.8 Å². The van der Waals surface area contributed by atoms with Gasteiger partial charge >= 0.3 is 6.18 Å². The summed E-state index contributed by atoms with van der Waals surface area (Å²) in [6.07, 6.45) is -4.72. The second-order valence-corrected chi connectivity index (χ2v) is 11.4. The highest BCUT2D eigenvalue weighted by molar-refractivity contribution is 9.10. The highest BCUT2D eigenvalue weighted by Crippen LogP contribution is 2.44. The number of nitrogens with zero attached hydrogens (tertiary/aromatic N) is 4. The number of hydrogen-bond donors (Lipinski definition) is 1. The third-order valence-electron chi connectivity index (χ3n) is 7.88. The molecule has 0 radical (unpaired) electrons. The number of halogens is 4. The van der Waals surface area contributed by atoms with Gasteiger partial charge in [-0.3, -0.25) is 9.69 Å². The van der Waals surface area contributed by atoms with Gasteiger partial charge in [0.2, 0.25) is 0 Å². The van der Waals surface area contributed by atoms with Crippen LogP contribution >= 0.6 is 15.9 Å². The lowest BCUT2D eigenvalue weighted by Gasteiger charge is -2.39. The summed E-state index contributed by atoms with van der Waals surface area (Å²) >= 11 is 3.37. The Morgan fingerprint density at radius 2 is 1.46 bits per heavy atom. The van der Waals surface area contributed by atoms with Crippen molar-refractivity contribution in [2.75, 3.05) is 31.5 Å². The van der Waals surface area contributed by atoms with Crippen LogP contribution in [0.4, 0.5) is 19.0 Å². The van der Waals surface area contributed by atoms with Gasteiger partial charge in [0.05, 0.1) is 12.1 Å². The molecule has 0 spiro atoms. The molecule has 0 aliphatic carbocycles. The molecule has 2 aliphatic rings. The van der Waals surface area contributed by atoms with Crippen molar-refractivity contribution in [2.45, 2.75) is 30.7 Å². The number of anilines is 1. The normalized spacial score (nSPS) is 19.6. The van der Waals surface area contributed by atoms with Gasteiger partial charge in [0.15, 0.2) is 11.7 Å². The molecule has 1 fully saturated rings. The Bertz CT molecular complexity index is 1450. The Balaban J connectivity index is 1.20. The lowest BCUT2D eigenvalue weighted by molar-refractivity contribution is -0.173. The zero-order valence-corrected chi connectivity index (χ0v) is 23.7. The van der Waals surface area contributed by atoms with Gasteiger partial charge in [-0.2, -0.15) is 18.3 Å². The molecule has 3 heterocycles. The number of alkyl halides is 3. The minimum atomic E-state index is -4.51. The molecule has 6 nitrogen and oxygen atoms in total. The van der Waals surface area contributed by atoms with Crippen molar-refractivity contribution in [1.82, 2.24) is 19.6 Å². The molecule has 2 aliphatic heterocycles. The SMILES string of the molecule is O=C(c1cc2n(n1)[C@@H](C(F)(F)F)C[C@@H](c1ccc(Br)cc1)N2)N1CCN(C(c2ccccc2)c2ccccc2)CC1. The largest absolute Gasteiger partial charge is 0.410 e. The average molecular weight is 625 g/mol. The number of aromatic nitrogens is 2. The molecule has 1 aromatic heterocycles. The van der Waals surface area contributed by atoms with Crippen LogP contribution in [0.1, 0.15) is 51.7 Å². The summed E-state index contributed by atoms with van der Waals surface area (Å²) in [5.74, 6) is -0.160. The van der Waals surface area contributed by atoms with E-state index in [1.54, 1.807) is 29.2 Å². The number of carbonyl (C=O) groups excluding carboxylic acids is 1. The van der Waals surface area contributed by atoms with Crippen molar-refractivity contribution < 1.29 is 18.0 Å². The standard InChI is InChI=1S/C31H29BrF3N5O/c32-24-13-11-21(12-14-24)25-19-27(31(33,34)35)40-28(36-25)20-26(37-40)30(41)39-17-15-38(16-18-39)29(22-7-3-1-4-8-22)23-9-5-2-6-10-23/h1-14,20,25,27,29,36H,15-19H2/t25-,27+/m0/s1. The monoisotopic (exact) mass is 623 g/mol. The minimum Gasteiger partial charge on any atom is -0.363 e. The first-order chi connectivity index (χ1) is 19.8. The lowest BCUT2D eigenvalue weighted by atomic mass is 9.96. The highest BCUT2D eigenvalue weighted by atomic mass is 79.9. The summed E-state index contributed by atoms with van der Waals surface area (Å²) in [7, 11) is 0. The van der Waals surface area contributed by atoms with E-state index in [4.69, 9.17) is 0 Å². The number of carbonyl (C=O) groups is 1. The van der Waals surface area contributed by atoms with Gasteiger partial charge in [0.1, 0.15) is 5.82 Å². The van der Waals surface area contributed by atoms with Crippen molar-refractivity contribution in [3.63, 3.8) is 0 Å². The van der Waals surface area contributed by atoms with Crippen molar-refractivity contribution >= 4 is 27.7 Å². The maximum absolute atomic E-state index is 14.1. The minimum absolute atomic E-state index is 0.0225. The van der Waals surface area contributed by atoms with Crippen LogP contribution in [0.15, 0.2) is 95.5 Å². The van der Waals surface area contributed by atoms with Crippen LogP contribution in [0.5, 0.6) is 0 Å². The Hall–Kier alpha value is -3.63. The van der Waals surface area contributed by atoms with Crippen LogP contribution in [0.25, 0.3) is 0 Å². The predicted molar refractivity (Wildman–Crippen MR) is 155 cm³/mol. The van der Waals surface area contributed by atoms with E-state index >= 15 is 0 Å². The van der Waals surface area contributed by atoms with Crippen LogP contribution in [-0.2, 0) is 0 Å². The van der Waals surface area contributed by atoms with Crippen LogP contribution < -0.4 is 5.32 Å².